The molecule has 0 heterocycles. The SMILES string of the molecule is [CH2]COCc1cccc(C)c1. The van der Waals surface area contributed by atoms with E-state index in [0.29, 0.717) is 13.2 Å². The van der Waals surface area contributed by atoms with Crippen LogP contribution in [0.4, 0.5) is 0 Å². The summed E-state index contributed by atoms with van der Waals surface area (Å²) in [5, 5.41) is 0. The van der Waals surface area contributed by atoms with E-state index in [1.54, 1.807) is 0 Å². The molecule has 0 bridgehead atoms. The normalized spacial score (nSPS) is 10.0. The summed E-state index contributed by atoms with van der Waals surface area (Å²) in [6.07, 6.45) is 0. The van der Waals surface area contributed by atoms with Crippen LogP contribution in [0, 0.1) is 13.8 Å². The van der Waals surface area contributed by atoms with Crippen LogP contribution in [-0.4, -0.2) is 6.61 Å². The lowest BCUT2D eigenvalue weighted by Crippen LogP contribution is -1.91. The van der Waals surface area contributed by atoms with Crippen LogP contribution in [-0.2, 0) is 11.3 Å². The highest BCUT2D eigenvalue weighted by Gasteiger charge is 1.90. The van der Waals surface area contributed by atoms with Gasteiger partial charge >= 0.3 is 0 Å². The van der Waals surface area contributed by atoms with Gasteiger partial charge in [-0.25, -0.2) is 0 Å². The average molecular weight is 149 g/mol. The summed E-state index contributed by atoms with van der Waals surface area (Å²) in [7, 11) is 0. The molecule has 1 heteroatoms. The molecule has 0 aliphatic rings. The van der Waals surface area contributed by atoms with E-state index in [0.717, 1.165) is 0 Å². The summed E-state index contributed by atoms with van der Waals surface area (Å²) in [6, 6.07) is 8.29. The third-order valence-corrected chi connectivity index (χ3v) is 1.50. The Hall–Kier alpha value is -0.820. The summed E-state index contributed by atoms with van der Waals surface area (Å²) in [5.41, 5.74) is 2.49. The highest BCUT2D eigenvalue weighted by molar-refractivity contribution is 5.21. The average Bonchev–Trinajstić information content (AvgIpc) is 2.01. The van der Waals surface area contributed by atoms with Crippen LogP contribution in [0.3, 0.4) is 0 Å². The third-order valence-electron chi connectivity index (χ3n) is 1.50. The van der Waals surface area contributed by atoms with Gasteiger partial charge in [-0.3, -0.25) is 0 Å². The van der Waals surface area contributed by atoms with Gasteiger partial charge in [0.2, 0.25) is 0 Å². The van der Waals surface area contributed by atoms with E-state index in [1.807, 2.05) is 6.07 Å². The third kappa shape index (κ3) is 2.72. The molecular formula is C10H13O. The maximum Gasteiger partial charge on any atom is 0.0716 e. The zero-order valence-corrected chi connectivity index (χ0v) is 6.84. The van der Waals surface area contributed by atoms with Gasteiger partial charge in [0.05, 0.1) is 6.61 Å². The molecule has 11 heavy (non-hydrogen) atoms. The highest BCUT2D eigenvalue weighted by atomic mass is 16.5. The van der Waals surface area contributed by atoms with Gasteiger partial charge in [0, 0.05) is 6.61 Å². The molecule has 59 valence electrons. The predicted molar refractivity (Wildman–Crippen MR) is 46.2 cm³/mol. The largest absolute Gasteiger partial charge is 0.377 e. The van der Waals surface area contributed by atoms with Gasteiger partial charge in [-0.2, -0.15) is 0 Å². The van der Waals surface area contributed by atoms with Crippen LogP contribution in [0.1, 0.15) is 11.1 Å². The summed E-state index contributed by atoms with van der Waals surface area (Å²) >= 11 is 0. The van der Waals surface area contributed by atoms with Crippen molar-refractivity contribution in [3.8, 4) is 0 Å². The van der Waals surface area contributed by atoms with Gasteiger partial charge in [0.25, 0.3) is 0 Å². The molecule has 0 saturated carbocycles. The van der Waals surface area contributed by atoms with Crippen molar-refractivity contribution < 1.29 is 4.74 Å². The maximum absolute atomic E-state index is 5.16. The number of hydrogen-bond acceptors (Lipinski definition) is 1. The van der Waals surface area contributed by atoms with E-state index in [2.05, 4.69) is 32.0 Å². The van der Waals surface area contributed by atoms with Crippen molar-refractivity contribution in [1.82, 2.24) is 0 Å². The second-order valence-electron chi connectivity index (χ2n) is 2.54. The van der Waals surface area contributed by atoms with Crippen molar-refractivity contribution in [2.75, 3.05) is 6.61 Å². The molecule has 1 nitrogen and oxygen atoms in total. The fourth-order valence-electron chi connectivity index (χ4n) is 0.992. The molecule has 0 saturated heterocycles. The molecule has 0 aliphatic carbocycles. The first-order valence-electron chi connectivity index (χ1n) is 3.75. The van der Waals surface area contributed by atoms with E-state index < -0.39 is 0 Å². The summed E-state index contributed by atoms with van der Waals surface area (Å²) in [4.78, 5) is 0. The van der Waals surface area contributed by atoms with Gasteiger partial charge in [-0.05, 0) is 19.4 Å². The second kappa shape index (κ2) is 4.14. The molecule has 1 aromatic rings. The fraction of sp³-hybridized carbons (Fsp3) is 0.300. The maximum atomic E-state index is 5.16. The van der Waals surface area contributed by atoms with Crippen LogP contribution < -0.4 is 0 Å². The number of benzene rings is 1. The minimum atomic E-state index is 0.536. The summed E-state index contributed by atoms with van der Waals surface area (Å²) in [5.74, 6) is 0. The second-order valence-corrected chi connectivity index (χ2v) is 2.54. The fourth-order valence-corrected chi connectivity index (χ4v) is 0.992. The predicted octanol–water partition coefficient (Wildman–Crippen LogP) is 2.35. The van der Waals surface area contributed by atoms with Crippen molar-refractivity contribution in [2.24, 2.45) is 0 Å². The zero-order chi connectivity index (χ0) is 8.10. The van der Waals surface area contributed by atoms with Crippen molar-refractivity contribution in [3.63, 3.8) is 0 Å². The smallest absolute Gasteiger partial charge is 0.0716 e. The molecule has 0 aromatic heterocycles. The molecule has 0 N–H and O–H groups in total. The zero-order valence-electron chi connectivity index (χ0n) is 6.84. The van der Waals surface area contributed by atoms with E-state index in [4.69, 9.17) is 4.74 Å². The molecule has 1 aromatic carbocycles. The molecule has 0 amide bonds. The Labute approximate surface area is 68.0 Å². The molecular weight excluding hydrogens is 136 g/mol. The lowest BCUT2D eigenvalue weighted by Gasteiger charge is -2.01. The monoisotopic (exact) mass is 149 g/mol. The Morgan fingerprint density at radius 3 is 2.91 bits per heavy atom. The van der Waals surface area contributed by atoms with E-state index in [9.17, 15) is 0 Å². The van der Waals surface area contributed by atoms with Crippen molar-refractivity contribution in [1.29, 1.82) is 0 Å². The molecule has 0 atom stereocenters. The Morgan fingerprint density at radius 1 is 1.45 bits per heavy atom. The van der Waals surface area contributed by atoms with Crippen molar-refractivity contribution in [3.05, 3.63) is 42.3 Å². The number of ether oxygens (including phenoxy) is 1. The van der Waals surface area contributed by atoms with E-state index in [1.165, 1.54) is 11.1 Å². The number of rotatable bonds is 3. The molecule has 0 spiro atoms. The Bertz CT molecular complexity index is 218. The standard InChI is InChI=1S/C10H13O/c1-3-11-8-10-6-4-5-9(2)7-10/h4-7H,1,3,8H2,2H3. The highest BCUT2D eigenvalue weighted by Crippen LogP contribution is 2.04. The lowest BCUT2D eigenvalue weighted by atomic mass is 10.1. The van der Waals surface area contributed by atoms with Crippen LogP contribution in [0.25, 0.3) is 0 Å². The molecule has 0 unspecified atom stereocenters. The minimum absolute atomic E-state index is 0.536. The number of hydrogen-bond donors (Lipinski definition) is 0. The van der Waals surface area contributed by atoms with Gasteiger partial charge in [0.1, 0.15) is 0 Å². The van der Waals surface area contributed by atoms with E-state index >= 15 is 0 Å². The van der Waals surface area contributed by atoms with Crippen LogP contribution >= 0.6 is 0 Å². The van der Waals surface area contributed by atoms with E-state index in [-0.39, 0.29) is 0 Å². The van der Waals surface area contributed by atoms with Crippen molar-refractivity contribution >= 4 is 0 Å². The van der Waals surface area contributed by atoms with Gasteiger partial charge < -0.3 is 4.74 Å². The van der Waals surface area contributed by atoms with Crippen LogP contribution in [0.2, 0.25) is 0 Å². The first kappa shape index (κ1) is 8.28. The van der Waals surface area contributed by atoms with Crippen LogP contribution in [0.5, 0.6) is 0 Å². The quantitative estimate of drug-likeness (QED) is 0.641. The van der Waals surface area contributed by atoms with Gasteiger partial charge in [0.15, 0.2) is 0 Å². The number of aryl methyl sites for hydroxylation is 1. The summed E-state index contributed by atoms with van der Waals surface area (Å²) in [6.45, 7) is 6.89. The molecule has 1 rings (SSSR count). The molecule has 1 radical (unpaired) electrons. The Morgan fingerprint density at radius 2 is 2.27 bits per heavy atom. The first-order chi connectivity index (χ1) is 5.33. The topological polar surface area (TPSA) is 9.23 Å². The molecule has 0 aliphatic heterocycles. The summed E-state index contributed by atoms with van der Waals surface area (Å²) < 4.78 is 5.16. The Balaban J connectivity index is 2.56. The van der Waals surface area contributed by atoms with Gasteiger partial charge in [-0.1, -0.05) is 29.8 Å². The lowest BCUT2D eigenvalue weighted by molar-refractivity contribution is 0.147. The van der Waals surface area contributed by atoms with Crippen LogP contribution in [0.15, 0.2) is 24.3 Å². The van der Waals surface area contributed by atoms with Gasteiger partial charge in [-0.15, -0.1) is 0 Å². The Kier molecular flexibility index (Phi) is 3.12. The first-order valence-corrected chi connectivity index (χ1v) is 3.75. The molecule has 0 fully saturated rings. The minimum Gasteiger partial charge on any atom is -0.377 e. The van der Waals surface area contributed by atoms with Crippen molar-refractivity contribution in [2.45, 2.75) is 13.5 Å².